The van der Waals surface area contributed by atoms with Crippen LogP contribution in [-0.2, 0) is 21.3 Å². The number of rotatable bonds is 5. The first-order valence-electron chi connectivity index (χ1n) is 8.72. The Kier molecular flexibility index (Phi) is 4.81. The number of aryl methyl sites for hydroxylation is 2. The average Bonchev–Trinajstić information content (AvgIpc) is 3.21. The predicted molar refractivity (Wildman–Crippen MR) is 107 cm³/mol. The van der Waals surface area contributed by atoms with E-state index in [-0.39, 0.29) is 18.3 Å². The lowest BCUT2D eigenvalue weighted by atomic mass is 10.2. The molecule has 1 aromatic heterocycles. The molecule has 0 spiro atoms. The molecule has 0 N–H and O–H groups in total. The lowest BCUT2D eigenvalue weighted by Gasteiger charge is -2.09. The van der Waals surface area contributed by atoms with Gasteiger partial charge >= 0.3 is 0 Å². The van der Waals surface area contributed by atoms with Crippen LogP contribution in [0.1, 0.15) is 22.5 Å². The maximum Gasteiger partial charge on any atom is 0.231 e. The van der Waals surface area contributed by atoms with Gasteiger partial charge in [-0.15, -0.1) is 0 Å². The van der Waals surface area contributed by atoms with E-state index in [0.717, 1.165) is 22.6 Å². The summed E-state index contributed by atoms with van der Waals surface area (Å²) in [5, 5.41) is 4.80. The highest BCUT2D eigenvalue weighted by Crippen LogP contribution is 2.40. The molecule has 0 saturated heterocycles. The van der Waals surface area contributed by atoms with Crippen molar-refractivity contribution in [3.8, 4) is 17.2 Å². The predicted octanol–water partition coefficient (Wildman–Crippen LogP) is 3.99. The number of halogens is 1. The molecule has 8 heteroatoms. The number of aromatic nitrogens is 2. The fourth-order valence-electron chi connectivity index (χ4n) is 3.29. The molecule has 3 aromatic rings. The molecule has 0 unspecified atom stereocenters. The van der Waals surface area contributed by atoms with Crippen LogP contribution in [0.3, 0.4) is 0 Å². The Morgan fingerprint density at radius 1 is 1.04 bits per heavy atom. The standard InChI is InChI=1S/C20H19ClN2O4S/c1-13-7-14(2)23(22-13)17-5-3-15(4-6-17)10-28(24,25)11-16-8-18(21)20-19(9-16)26-12-27-20/h3-9H,10-12H2,1-2H3. The Bertz CT molecular complexity index is 1140. The first-order chi connectivity index (χ1) is 13.3. The Morgan fingerprint density at radius 2 is 1.75 bits per heavy atom. The van der Waals surface area contributed by atoms with E-state index in [2.05, 4.69) is 5.10 Å². The fraction of sp³-hybridized carbons (Fsp3) is 0.250. The van der Waals surface area contributed by atoms with Gasteiger partial charge in [0.05, 0.1) is 27.9 Å². The SMILES string of the molecule is Cc1cc(C)n(-c2ccc(CS(=O)(=O)Cc3cc(Cl)c4c(c3)OCO4)cc2)n1. The van der Waals surface area contributed by atoms with Crippen LogP contribution in [0.5, 0.6) is 11.5 Å². The summed E-state index contributed by atoms with van der Waals surface area (Å²) < 4.78 is 37.7. The van der Waals surface area contributed by atoms with Gasteiger partial charge in [0, 0.05) is 5.69 Å². The molecule has 2 aromatic carbocycles. The van der Waals surface area contributed by atoms with Crippen molar-refractivity contribution in [2.45, 2.75) is 25.4 Å². The number of sulfone groups is 1. The van der Waals surface area contributed by atoms with Crippen molar-refractivity contribution in [2.75, 3.05) is 6.79 Å². The Labute approximate surface area is 168 Å². The number of hydrogen-bond donors (Lipinski definition) is 0. The zero-order chi connectivity index (χ0) is 19.9. The van der Waals surface area contributed by atoms with Crippen molar-refractivity contribution < 1.29 is 17.9 Å². The summed E-state index contributed by atoms with van der Waals surface area (Å²) in [6, 6.07) is 12.7. The molecular formula is C20H19ClN2O4S. The van der Waals surface area contributed by atoms with Crippen molar-refractivity contribution in [3.05, 3.63) is 70.0 Å². The Hall–Kier alpha value is -2.51. The molecule has 4 rings (SSSR count). The first kappa shape index (κ1) is 18.8. The molecule has 0 saturated carbocycles. The van der Waals surface area contributed by atoms with Crippen molar-refractivity contribution in [1.29, 1.82) is 0 Å². The van der Waals surface area contributed by atoms with E-state index in [9.17, 15) is 8.42 Å². The number of benzene rings is 2. The highest BCUT2D eigenvalue weighted by molar-refractivity contribution is 7.89. The van der Waals surface area contributed by atoms with Crippen LogP contribution in [0, 0.1) is 13.8 Å². The Balaban J connectivity index is 1.50. The second-order valence-corrected chi connectivity index (χ2v) is 9.32. The highest BCUT2D eigenvalue weighted by Gasteiger charge is 2.21. The first-order valence-corrected chi connectivity index (χ1v) is 10.9. The molecule has 2 heterocycles. The molecule has 0 aliphatic carbocycles. The van der Waals surface area contributed by atoms with Gasteiger partial charge < -0.3 is 9.47 Å². The summed E-state index contributed by atoms with van der Waals surface area (Å²) in [7, 11) is -3.38. The maximum absolute atomic E-state index is 12.7. The minimum atomic E-state index is -3.38. The van der Waals surface area contributed by atoms with Gasteiger partial charge in [0.25, 0.3) is 0 Å². The summed E-state index contributed by atoms with van der Waals surface area (Å²) in [5.41, 5.74) is 4.16. The van der Waals surface area contributed by atoms with Gasteiger partial charge in [-0.2, -0.15) is 5.10 Å². The molecule has 0 fully saturated rings. The third-order valence-electron chi connectivity index (χ3n) is 4.45. The number of fused-ring (bicyclic) bond motifs is 1. The fourth-order valence-corrected chi connectivity index (χ4v) is 5.05. The monoisotopic (exact) mass is 418 g/mol. The number of ether oxygens (including phenoxy) is 2. The normalized spacial score (nSPS) is 13.1. The lowest BCUT2D eigenvalue weighted by Crippen LogP contribution is -2.08. The van der Waals surface area contributed by atoms with E-state index in [1.165, 1.54) is 0 Å². The van der Waals surface area contributed by atoms with Crippen molar-refractivity contribution in [1.82, 2.24) is 9.78 Å². The largest absolute Gasteiger partial charge is 0.454 e. The van der Waals surface area contributed by atoms with Gasteiger partial charge in [0.15, 0.2) is 21.3 Å². The number of hydrogen-bond acceptors (Lipinski definition) is 5. The van der Waals surface area contributed by atoms with Crippen LogP contribution >= 0.6 is 11.6 Å². The van der Waals surface area contributed by atoms with Crippen LogP contribution in [-0.4, -0.2) is 25.0 Å². The van der Waals surface area contributed by atoms with Crippen LogP contribution in [0.4, 0.5) is 0 Å². The molecule has 0 bridgehead atoms. The summed E-state index contributed by atoms with van der Waals surface area (Å²) in [5.74, 6) is 0.758. The van der Waals surface area contributed by atoms with E-state index >= 15 is 0 Å². The minimum Gasteiger partial charge on any atom is -0.454 e. The zero-order valence-electron chi connectivity index (χ0n) is 15.5. The van der Waals surface area contributed by atoms with Crippen LogP contribution in [0.15, 0.2) is 42.5 Å². The van der Waals surface area contributed by atoms with Crippen molar-refractivity contribution in [2.24, 2.45) is 0 Å². The van der Waals surface area contributed by atoms with E-state index in [4.69, 9.17) is 21.1 Å². The van der Waals surface area contributed by atoms with E-state index in [0.29, 0.717) is 22.1 Å². The zero-order valence-corrected chi connectivity index (χ0v) is 17.0. The summed E-state index contributed by atoms with van der Waals surface area (Å²) >= 11 is 6.15. The van der Waals surface area contributed by atoms with Crippen molar-refractivity contribution >= 4 is 21.4 Å². The van der Waals surface area contributed by atoms with Gasteiger partial charge in [-0.1, -0.05) is 23.7 Å². The molecule has 0 radical (unpaired) electrons. The van der Waals surface area contributed by atoms with E-state index in [1.54, 1.807) is 12.1 Å². The molecular weight excluding hydrogens is 400 g/mol. The summed E-state index contributed by atoms with van der Waals surface area (Å²) in [6.45, 7) is 4.01. The smallest absolute Gasteiger partial charge is 0.231 e. The third-order valence-corrected chi connectivity index (χ3v) is 6.28. The van der Waals surface area contributed by atoms with E-state index < -0.39 is 9.84 Å². The van der Waals surface area contributed by atoms with Gasteiger partial charge in [-0.3, -0.25) is 0 Å². The molecule has 0 atom stereocenters. The molecule has 1 aliphatic heterocycles. The van der Waals surface area contributed by atoms with Crippen LogP contribution in [0.2, 0.25) is 5.02 Å². The average molecular weight is 419 g/mol. The minimum absolute atomic E-state index is 0.0591. The third kappa shape index (κ3) is 3.86. The van der Waals surface area contributed by atoms with Crippen molar-refractivity contribution in [3.63, 3.8) is 0 Å². The molecule has 146 valence electrons. The molecule has 1 aliphatic rings. The highest BCUT2D eigenvalue weighted by atomic mass is 35.5. The van der Waals surface area contributed by atoms with Crippen LogP contribution in [0.25, 0.3) is 5.69 Å². The van der Waals surface area contributed by atoms with Gasteiger partial charge in [0.1, 0.15) is 0 Å². The molecule has 6 nitrogen and oxygen atoms in total. The molecule has 28 heavy (non-hydrogen) atoms. The van der Waals surface area contributed by atoms with Gasteiger partial charge in [-0.05, 0) is 55.3 Å². The maximum atomic E-state index is 12.7. The second kappa shape index (κ2) is 7.14. The quantitative estimate of drug-likeness (QED) is 0.626. The van der Waals surface area contributed by atoms with Gasteiger partial charge in [0.2, 0.25) is 6.79 Å². The second-order valence-electron chi connectivity index (χ2n) is 6.85. The summed E-state index contributed by atoms with van der Waals surface area (Å²) in [4.78, 5) is 0. The summed E-state index contributed by atoms with van der Waals surface area (Å²) in [6.07, 6.45) is 0. The lowest BCUT2D eigenvalue weighted by molar-refractivity contribution is 0.174. The molecule has 0 amide bonds. The topological polar surface area (TPSA) is 70.4 Å². The van der Waals surface area contributed by atoms with Gasteiger partial charge in [-0.25, -0.2) is 13.1 Å². The number of nitrogens with zero attached hydrogens (tertiary/aromatic N) is 2. The van der Waals surface area contributed by atoms with Crippen LogP contribution < -0.4 is 9.47 Å². The van der Waals surface area contributed by atoms with E-state index in [1.807, 2.05) is 48.9 Å². The Morgan fingerprint density at radius 3 is 2.43 bits per heavy atom.